The molecule has 0 aromatic carbocycles. The first-order valence-electron chi connectivity index (χ1n) is 7.56. The lowest BCUT2D eigenvalue weighted by atomic mass is 9.78. The largest absolute Gasteiger partial charge is 0.297 e. The van der Waals surface area contributed by atoms with Gasteiger partial charge in [-0.2, -0.15) is 0 Å². The van der Waals surface area contributed by atoms with Gasteiger partial charge < -0.3 is 0 Å². The number of hydrogen-bond donors (Lipinski definition) is 0. The van der Waals surface area contributed by atoms with Crippen molar-refractivity contribution in [1.29, 1.82) is 0 Å². The summed E-state index contributed by atoms with van der Waals surface area (Å²) in [4.78, 5) is 2.84. The molecule has 2 heterocycles. The Labute approximate surface area is 107 Å². The molecule has 1 heteroatoms. The summed E-state index contributed by atoms with van der Waals surface area (Å²) in [6.07, 6.45) is 17.4. The van der Waals surface area contributed by atoms with Gasteiger partial charge in [-0.05, 0) is 51.0 Å². The SMILES string of the molecule is C#CCCC[C@@H]1CCC(CC)[C@H]2CCCCN12. The van der Waals surface area contributed by atoms with Crippen LogP contribution in [0.15, 0.2) is 0 Å². The van der Waals surface area contributed by atoms with E-state index in [9.17, 15) is 0 Å². The fourth-order valence-corrected chi connectivity index (χ4v) is 3.93. The molecule has 17 heavy (non-hydrogen) atoms. The minimum atomic E-state index is 0.844. The lowest BCUT2D eigenvalue weighted by Crippen LogP contribution is -2.53. The Morgan fingerprint density at radius 3 is 2.88 bits per heavy atom. The van der Waals surface area contributed by atoms with Gasteiger partial charge in [-0.1, -0.05) is 19.8 Å². The van der Waals surface area contributed by atoms with Gasteiger partial charge in [-0.3, -0.25) is 4.90 Å². The highest BCUT2D eigenvalue weighted by atomic mass is 15.2. The predicted molar refractivity (Wildman–Crippen MR) is 73.8 cm³/mol. The molecule has 0 aromatic heterocycles. The Balaban J connectivity index is 1.92. The topological polar surface area (TPSA) is 3.24 Å². The van der Waals surface area contributed by atoms with Gasteiger partial charge >= 0.3 is 0 Å². The monoisotopic (exact) mass is 233 g/mol. The van der Waals surface area contributed by atoms with E-state index in [0.29, 0.717) is 0 Å². The van der Waals surface area contributed by atoms with Crippen molar-refractivity contribution in [3.63, 3.8) is 0 Å². The van der Waals surface area contributed by atoms with Crippen LogP contribution in [-0.4, -0.2) is 23.5 Å². The van der Waals surface area contributed by atoms with Crippen LogP contribution in [0.25, 0.3) is 0 Å². The maximum absolute atomic E-state index is 5.36. The van der Waals surface area contributed by atoms with Gasteiger partial charge in [-0.15, -0.1) is 12.3 Å². The molecule has 96 valence electrons. The summed E-state index contributed by atoms with van der Waals surface area (Å²) in [5.41, 5.74) is 0. The number of hydrogen-bond acceptors (Lipinski definition) is 1. The first kappa shape index (κ1) is 13.0. The van der Waals surface area contributed by atoms with Crippen LogP contribution in [0, 0.1) is 18.3 Å². The second-order valence-corrected chi connectivity index (χ2v) is 5.80. The number of fused-ring (bicyclic) bond motifs is 1. The van der Waals surface area contributed by atoms with Crippen molar-refractivity contribution in [2.24, 2.45) is 5.92 Å². The highest BCUT2D eigenvalue weighted by Gasteiger charge is 2.36. The van der Waals surface area contributed by atoms with Crippen LogP contribution in [-0.2, 0) is 0 Å². The van der Waals surface area contributed by atoms with Crippen molar-refractivity contribution in [2.45, 2.75) is 76.8 Å². The van der Waals surface area contributed by atoms with Crippen molar-refractivity contribution >= 4 is 0 Å². The first-order valence-corrected chi connectivity index (χ1v) is 7.56. The molecule has 0 amide bonds. The van der Waals surface area contributed by atoms with Crippen LogP contribution in [0.3, 0.4) is 0 Å². The Bertz CT molecular complexity index is 265. The highest BCUT2D eigenvalue weighted by Crippen LogP contribution is 2.37. The molecular formula is C16H27N. The Hall–Kier alpha value is -0.480. The summed E-state index contributed by atoms with van der Waals surface area (Å²) >= 11 is 0. The summed E-state index contributed by atoms with van der Waals surface area (Å²) < 4.78 is 0. The number of terminal acetylenes is 1. The molecule has 0 spiro atoms. The molecule has 2 saturated heterocycles. The van der Waals surface area contributed by atoms with Gasteiger partial charge in [0.05, 0.1) is 0 Å². The lowest BCUT2D eigenvalue weighted by molar-refractivity contribution is 0.00668. The molecule has 0 aliphatic carbocycles. The number of piperidine rings is 2. The second kappa shape index (κ2) is 6.45. The van der Waals surface area contributed by atoms with Crippen molar-refractivity contribution < 1.29 is 0 Å². The van der Waals surface area contributed by atoms with Crippen molar-refractivity contribution in [3.8, 4) is 12.3 Å². The predicted octanol–water partition coefficient (Wildman–Crippen LogP) is 3.83. The van der Waals surface area contributed by atoms with Gasteiger partial charge in [-0.25, -0.2) is 0 Å². The Morgan fingerprint density at radius 2 is 2.12 bits per heavy atom. The summed E-state index contributed by atoms with van der Waals surface area (Å²) in [5, 5.41) is 0. The molecule has 1 unspecified atom stereocenters. The normalized spacial score (nSPS) is 34.0. The van der Waals surface area contributed by atoms with Crippen molar-refractivity contribution in [1.82, 2.24) is 4.90 Å². The van der Waals surface area contributed by atoms with E-state index in [0.717, 1.165) is 24.4 Å². The molecule has 2 aliphatic heterocycles. The molecule has 2 rings (SSSR count). The van der Waals surface area contributed by atoms with E-state index in [-0.39, 0.29) is 0 Å². The molecule has 0 aromatic rings. The third-order valence-electron chi connectivity index (χ3n) is 4.86. The molecule has 2 fully saturated rings. The van der Waals surface area contributed by atoms with E-state index in [4.69, 9.17) is 6.42 Å². The zero-order valence-electron chi connectivity index (χ0n) is 11.3. The zero-order chi connectivity index (χ0) is 12.1. The van der Waals surface area contributed by atoms with Gasteiger partial charge in [0.2, 0.25) is 0 Å². The molecule has 0 bridgehead atoms. The van der Waals surface area contributed by atoms with E-state index in [2.05, 4.69) is 17.7 Å². The van der Waals surface area contributed by atoms with E-state index < -0.39 is 0 Å². The van der Waals surface area contributed by atoms with E-state index >= 15 is 0 Å². The summed E-state index contributed by atoms with van der Waals surface area (Å²) in [5.74, 6) is 3.75. The Morgan fingerprint density at radius 1 is 1.24 bits per heavy atom. The van der Waals surface area contributed by atoms with Crippen molar-refractivity contribution in [3.05, 3.63) is 0 Å². The molecular weight excluding hydrogens is 206 g/mol. The minimum absolute atomic E-state index is 0.844. The van der Waals surface area contributed by atoms with E-state index in [1.54, 1.807) is 0 Å². The smallest absolute Gasteiger partial charge is 0.0126 e. The zero-order valence-corrected chi connectivity index (χ0v) is 11.3. The summed E-state index contributed by atoms with van der Waals surface area (Å²) in [7, 11) is 0. The fraction of sp³-hybridized carbons (Fsp3) is 0.875. The number of rotatable bonds is 4. The third-order valence-corrected chi connectivity index (χ3v) is 4.86. The second-order valence-electron chi connectivity index (χ2n) is 5.80. The molecule has 0 N–H and O–H groups in total. The van der Waals surface area contributed by atoms with Crippen LogP contribution in [0.4, 0.5) is 0 Å². The molecule has 0 radical (unpaired) electrons. The quantitative estimate of drug-likeness (QED) is 0.527. The van der Waals surface area contributed by atoms with E-state index in [1.165, 1.54) is 57.9 Å². The lowest BCUT2D eigenvalue weighted by Gasteiger charge is -2.49. The van der Waals surface area contributed by atoms with Crippen LogP contribution in [0.5, 0.6) is 0 Å². The molecule has 1 nitrogen and oxygen atoms in total. The maximum atomic E-state index is 5.36. The maximum Gasteiger partial charge on any atom is 0.0126 e. The van der Waals surface area contributed by atoms with Crippen LogP contribution in [0.1, 0.15) is 64.7 Å². The van der Waals surface area contributed by atoms with E-state index in [1.807, 2.05) is 0 Å². The summed E-state index contributed by atoms with van der Waals surface area (Å²) in [6, 6.07) is 1.75. The van der Waals surface area contributed by atoms with Crippen molar-refractivity contribution in [2.75, 3.05) is 6.54 Å². The average Bonchev–Trinajstić information content (AvgIpc) is 2.39. The molecule has 0 saturated carbocycles. The number of unbranched alkanes of at least 4 members (excludes halogenated alkanes) is 1. The Kier molecular flexibility index (Phi) is 4.92. The van der Waals surface area contributed by atoms with Gasteiger partial charge in [0, 0.05) is 18.5 Å². The average molecular weight is 233 g/mol. The fourth-order valence-electron chi connectivity index (χ4n) is 3.93. The molecule has 3 atom stereocenters. The first-order chi connectivity index (χ1) is 8.36. The number of nitrogens with zero attached hydrogens (tertiary/aromatic N) is 1. The van der Waals surface area contributed by atoms with Gasteiger partial charge in [0.15, 0.2) is 0 Å². The third kappa shape index (κ3) is 3.05. The van der Waals surface area contributed by atoms with Gasteiger partial charge in [0.1, 0.15) is 0 Å². The van der Waals surface area contributed by atoms with Crippen LogP contribution < -0.4 is 0 Å². The van der Waals surface area contributed by atoms with Crippen LogP contribution in [0.2, 0.25) is 0 Å². The standard InChI is InChI=1S/C16H27N/c1-3-5-6-9-15-12-11-14(4-2)16-10-7-8-13-17(15)16/h1,14-16H,4-13H2,2H3/t14?,15-,16-/m1/s1. The summed E-state index contributed by atoms with van der Waals surface area (Å²) in [6.45, 7) is 3.72. The van der Waals surface area contributed by atoms with Crippen LogP contribution >= 0.6 is 0 Å². The molecule has 2 aliphatic rings. The van der Waals surface area contributed by atoms with Gasteiger partial charge in [0.25, 0.3) is 0 Å². The highest BCUT2D eigenvalue weighted by molar-refractivity contribution is 4.92. The minimum Gasteiger partial charge on any atom is -0.297 e.